The Balaban J connectivity index is 1.68. The second-order valence-electron chi connectivity index (χ2n) is 5.80. The average Bonchev–Trinajstić information content (AvgIpc) is 2.64. The summed E-state index contributed by atoms with van der Waals surface area (Å²) < 4.78 is 0. The fourth-order valence-corrected chi connectivity index (χ4v) is 2.65. The molecule has 4 aromatic rings. The molecule has 0 aliphatic heterocycles. The zero-order valence-corrected chi connectivity index (χ0v) is 13.3. The quantitative estimate of drug-likeness (QED) is 0.599. The molecule has 25 heavy (non-hydrogen) atoms. The lowest BCUT2D eigenvalue weighted by atomic mass is 10.1. The Labute approximate surface area is 144 Å². The minimum atomic E-state index is 0.232. The molecule has 4 rings (SSSR count). The lowest BCUT2D eigenvalue weighted by Crippen LogP contribution is -1.97. The van der Waals surface area contributed by atoms with E-state index in [9.17, 15) is 10.2 Å². The fraction of sp³-hybridized carbons (Fsp3) is 0.0500. The molecule has 2 heterocycles. The molecule has 2 aromatic heterocycles. The van der Waals surface area contributed by atoms with E-state index in [1.54, 1.807) is 36.7 Å². The molecule has 0 amide bonds. The van der Waals surface area contributed by atoms with E-state index in [-0.39, 0.29) is 11.5 Å². The summed E-state index contributed by atoms with van der Waals surface area (Å²) in [5, 5.41) is 18.8. The summed E-state index contributed by atoms with van der Waals surface area (Å²) >= 11 is 0. The van der Waals surface area contributed by atoms with Crippen LogP contribution in [0.2, 0.25) is 0 Å². The van der Waals surface area contributed by atoms with Gasteiger partial charge in [0, 0.05) is 18.2 Å². The van der Waals surface area contributed by atoms with Crippen LogP contribution in [0.5, 0.6) is 11.5 Å². The number of aromatic nitrogens is 3. The first-order valence-corrected chi connectivity index (χ1v) is 7.86. The first-order valence-electron chi connectivity index (χ1n) is 7.86. The third-order valence-corrected chi connectivity index (χ3v) is 3.98. The topological polar surface area (TPSA) is 79.1 Å². The van der Waals surface area contributed by atoms with Crippen molar-refractivity contribution in [1.82, 2.24) is 15.0 Å². The van der Waals surface area contributed by atoms with Crippen LogP contribution in [0.25, 0.3) is 22.2 Å². The second kappa shape index (κ2) is 6.20. The summed E-state index contributed by atoms with van der Waals surface area (Å²) in [6.45, 7) is 0. The van der Waals surface area contributed by atoms with Crippen molar-refractivity contribution in [3.63, 3.8) is 0 Å². The summed E-state index contributed by atoms with van der Waals surface area (Å²) in [5.74, 6) is 1.17. The predicted molar refractivity (Wildman–Crippen MR) is 95.3 cm³/mol. The van der Waals surface area contributed by atoms with Crippen LogP contribution in [0.1, 0.15) is 11.4 Å². The van der Waals surface area contributed by atoms with E-state index < -0.39 is 0 Å². The molecule has 2 N–H and O–H groups in total. The van der Waals surface area contributed by atoms with Crippen molar-refractivity contribution in [2.75, 3.05) is 0 Å². The van der Waals surface area contributed by atoms with Gasteiger partial charge in [-0.3, -0.25) is 4.98 Å². The van der Waals surface area contributed by atoms with Crippen LogP contribution >= 0.6 is 0 Å². The summed E-state index contributed by atoms with van der Waals surface area (Å²) in [4.78, 5) is 13.4. The van der Waals surface area contributed by atoms with E-state index in [0.29, 0.717) is 12.2 Å². The first kappa shape index (κ1) is 15.1. The van der Waals surface area contributed by atoms with Crippen molar-refractivity contribution in [1.29, 1.82) is 0 Å². The summed E-state index contributed by atoms with van der Waals surface area (Å²) in [6.07, 6.45) is 4.08. The lowest BCUT2D eigenvalue weighted by Gasteiger charge is -2.05. The molecule has 122 valence electrons. The number of pyridine rings is 1. The Kier molecular flexibility index (Phi) is 3.74. The normalized spacial score (nSPS) is 10.9. The molecule has 2 aromatic carbocycles. The van der Waals surface area contributed by atoms with E-state index in [1.165, 1.54) is 0 Å². The molecule has 0 aliphatic rings. The highest BCUT2D eigenvalue weighted by molar-refractivity contribution is 5.79. The van der Waals surface area contributed by atoms with Crippen molar-refractivity contribution in [3.05, 3.63) is 78.4 Å². The van der Waals surface area contributed by atoms with Gasteiger partial charge in [-0.25, -0.2) is 9.97 Å². The SMILES string of the molecule is Oc1ccc(Cc2ncc3ncc(-c4ccc(O)cc4)cc3n2)cc1. The minimum Gasteiger partial charge on any atom is -0.508 e. The lowest BCUT2D eigenvalue weighted by molar-refractivity contribution is 0.474. The van der Waals surface area contributed by atoms with Gasteiger partial charge >= 0.3 is 0 Å². The van der Waals surface area contributed by atoms with Crippen LogP contribution in [0.15, 0.2) is 67.0 Å². The number of hydrogen-bond acceptors (Lipinski definition) is 5. The Hall–Kier alpha value is -3.47. The zero-order valence-electron chi connectivity index (χ0n) is 13.3. The number of benzene rings is 2. The number of rotatable bonds is 3. The van der Waals surface area contributed by atoms with E-state index in [1.807, 2.05) is 30.3 Å². The Morgan fingerprint density at radius 1 is 0.680 bits per heavy atom. The van der Waals surface area contributed by atoms with Gasteiger partial charge < -0.3 is 10.2 Å². The van der Waals surface area contributed by atoms with Crippen LogP contribution in [0.4, 0.5) is 0 Å². The largest absolute Gasteiger partial charge is 0.508 e. The third-order valence-electron chi connectivity index (χ3n) is 3.98. The zero-order chi connectivity index (χ0) is 17.2. The van der Waals surface area contributed by atoms with Crippen molar-refractivity contribution in [2.24, 2.45) is 0 Å². The number of nitrogens with zero attached hydrogens (tertiary/aromatic N) is 3. The monoisotopic (exact) mass is 329 g/mol. The standard InChI is InChI=1S/C20H15N3O2/c24-16-5-1-13(2-6-16)9-20-22-12-19-18(23-20)10-15(11-21-19)14-3-7-17(25)8-4-14/h1-8,10-12,24-25H,9H2. The van der Waals surface area contributed by atoms with E-state index >= 15 is 0 Å². The molecular weight excluding hydrogens is 314 g/mol. The summed E-state index contributed by atoms with van der Waals surface area (Å²) in [7, 11) is 0. The van der Waals surface area contributed by atoms with Gasteiger partial charge in [-0.1, -0.05) is 24.3 Å². The molecule has 5 nitrogen and oxygen atoms in total. The summed E-state index contributed by atoms with van der Waals surface area (Å²) in [6, 6.07) is 16.0. The highest BCUT2D eigenvalue weighted by Gasteiger charge is 2.06. The maximum absolute atomic E-state index is 9.42. The van der Waals surface area contributed by atoms with Gasteiger partial charge in [0.25, 0.3) is 0 Å². The molecule has 0 unspecified atom stereocenters. The van der Waals surface area contributed by atoms with Crippen molar-refractivity contribution in [3.8, 4) is 22.6 Å². The molecule has 0 aliphatic carbocycles. The van der Waals surface area contributed by atoms with E-state index in [4.69, 9.17) is 0 Å². The average molecular weight is 329 g/mol. The van der Waals surface area contributed by atoms with Gasteiger partial charge in [-0.2, -0.15) is 0 Å². The molecule has 5 heteroatoms. The number of phenolic OH excluding ortho intramolecular Hbond substituents is 2. The van der Waals surface area contributed by atoms with Crippen molar-refractivity contribution < 1.29 is 10.2 Å². The maximum Gasteiger partial charge on any atom is 0.133 e. The smallest absolute Gasteiger partial charge is 0.133 e. The Bertz CT molecular complexity index is 1030. The molecule has 0 saturated carbocycles. The van der Waals surface area contributed by atoms with Gasteiger partial charge in [0.15, 0.2) is 0 Å². The highest BCUT2D eigenvalue weighted by Crippen LogP contribution is 2.23. The molecule has 0 fully saturated rings. The molecular formula is C20H15N3O2. The maximum atomic E-state index is 9.42. The second-order valence-corrected chi connectivity index (χ2v) is 5.80. The molecule has 0 spiro atoms. The molecule has 0 bridgehead atoms. The van der Waals surface area contributed by atoms with Gasteiger partial charge in [0.05, 0.1) is 11.7 Å². The predicted octanol–water partition coefficient (Wildman–Crippen LogP) is 3.69. The van der Waals surface area contributed by atoms with Gasteiger partial charge in [-0.05, 0) is 41.5 Å². The van der Waals surface area contributed by atoms with E-state index in [2.05, 4.69) is 15.0 Å². The Morgan fingerprint density at radius 2 is 1.36 bits per heavy atom. The van der Waals surface area contributed by atoms with Crippen molar-refractivity contribution >= 4 is 11.0 Å². The van der Waals surface area contributed by atoms with Gasteiger partial charge in [0.2, 0.25) is 0 Å². The van der Waals surface area contributed by atoms with Crippen LogP contribution in [-0.4, -0.2) is 25.2 Å². The minimum absolute atomic E-state index is 0.232. The van der Waals surface area contributed by atoms with Gasteiger partial charge in [0.1, 0.15) is 22.8 Å². The third kappa shape index (κ3) is 3.26. The number of hydrogen-bond donors (Lipinski definition) is 2. The van der Waals surface area contributed by atoms with Crippen LogP contribution in [0, 0.1) is 0 Å². The number of phenols is 2. The molecule has 0 radical (unpaired) electrons. The van der Waals surface area contributed by atoms with Gasteiger partial charge in [-0.15, -0.1) is 0 Å². The van der Waals surface area contributed by atoms with E-state index in [0.717, 1.165) is 27.7 Å². The van der Waals surface area contributed by atoms with Crippen LogP contribution in [0.3, 0.4) is 0 Å². The fourth-order valence-electron chi connectivity index (χ4n) is 2.65. The highest BCUT2D eigenvalue weighted by atomic mass is 16.3. The molecule has 0 atom stereocenters. The van der Waals surface area contributed by atoms with Crippen LogP contribution < -0.4 is 0 Å². The summed E-state index contributed by atoms with van der Waals surface area (Å²) in [5.41, 5.74) is 4.43. The van der Waals surface area contributed by atoms with Crippen molar-refractivity contribution in [2.45, 2.75) is 6.42 Å². The number of aromatic hydroxyl groups is 2. The van der Waals surface area contributed by atoms with Crippen LogP contribution in [-0.2, 0) is 6.42 Å². The Morgan fingerprint density at radius 3 is 2.08 bits per heavy atom. The number of fused-ring (bicyclic) bond motifs is 1. The molecule has 0 saturated heterocycles. The first-order chi connectivity index (χ1) is 12.2.